The van der Waals surface area contributed by atoms with Crippen LogP contribution in [0, 0.1) is 24.2 Å². The van der Waals surface area contributed by atoms with Gasteiger partial charge in [0.05, 0.1) is 5.69 Å². The van der Waals surface area contributed by atoms with E-state index in [0.717, 1.165) is 11.4 Å². The van der Waals surface area contributed by atoms with Crippen molar-refractivity contribution in [3.63, 3.8) is 0 Å². The fraction of sp³-hybridized carbons (Fsp3) is 0.455. The van der Waals surface area contributed by atoms with Gasteiger partial charge in [0.25, 0.3) is 0 Å². The molecule has 0 unspecified atom stereocenters. The number of aryl methyl sites for hydroxylation is 1. The number of hydrogen-bond donors (Lipinski definition) is 0. The highest BCUT2D eigenvalue weighted by Crippen LogP contribution is 2.10. The SMILES string of the molecule is Cc1ccc(C#CC(C)(C)C)nn1. The highest BCUT2D eigenvalue weighted by Gasteiger charge is 2.03. The van der Waals surface area contributed by atoms with Crippen LogP contribution in [-0.2, 0) is 0 Å². The normalized spacial score (nSPS) is 10.5. The smallest absolute Gasteiger partial charge is 0.135 e. The van der Waals surface area contributed by atoms with E-state index in [0.29, 0.717) is 0 Å². The van der Waals surface area contributed by atoms with Gasteiger partial charge in [-0.1, -0.05) is 5.92 Å². The summed E-state index contributed by atoms with van der Waals surface area (Å²) < 4.78 is 0. The van der Waals surface area contributed by atoms with Gasteiger partial charge in [-0.25, -0.2) is 0 Å². The molecule has 68 valence electrons. The van der Waals surface area contributed by atoms with E-state index in [1.54, 1.807) is 0 Å². The molecule has 13 heavy (non-hydrogen) atoms. The van der Waals surface area contributed by atoms with E-state index in [1.807, 2.05) is 19.1 Å². The van der Waals surface area contributed by atoms with Gasteiger partial charge in [-0.3, -0.25) is 0 Å². The van der Waals surface area contributed by atoms with Crippen LogP contribution in [0.5, 0.6) is 0 Å². The first kappa shape index (κ1) is 9.73. The van der Waals surface area contributed by atoms with Gasteiger partial charge in [0, 0.05) is 5.41 Å². The third-order valence-corrected chi connectivity index (χ3v) is 1.36. The Balaban J connectivity index is 2.85. The average Bonchev–Trinajstić information content (AvgIpc) is 2.02. The topological polar surface area (TPSA) is 25.8 Å². The number of aromatic nitrogens is 2. The van der Waals surface area contributed by atoms with E-state index in [9.17, 15) is 0 Å². The van der Waals surface area contributed by atoms with Crippen molar-refractivity contribution < 1.29 is 0 Å². The standard InChI is InChI=1S/C11H14N2/c1-9-5-6-10(13-12-9)7-8-11(2,3)4/h5-6H,1-4H3. The average molecular weight is 174 g/mol. The minimum Gasteiger partial charge on any atom is -0.155 e. The van der Waals surface area contributed by atoms with Crippen LogP contribution in [0.3, 0.4) is 0 Å². The molecule has 0 aliphatic carbocycles. The molecular formula is C11H14N2. The van der Waals surface area contributed by atoms with Gasteiger partial charge in [-0.15, -0.1) is 5.10 Å². The summed E-state index contributed by atoms with van der Waals surface area (Å²) in [5.41, 5.74) is 1.67. The van der Waals surface area contributed by atoms with Gasteiger partial charge in [-0.2, -0.15) is 5.10 Å². The van der Waals surface area contributed by atoms with Gasteiger partial charge in [-0.05, 0) is 45.7 Å². The van der Waals surface area contributed by atoms with Crippen LogP contribution in [0.1, 0.15) is 32.2 Å². The van der Waals surface area contributed by atoms with Crippen molar-refractivity contribution in [2.24, 2.45) is 5.41 Å². The molecule has 0 bridgehead atoms. The Bertz CT molecular complexity index is 333. The number of hydrogen-bond acceptors (Lipinski definition) is 2. The molecule has 0 aromatic carbocycles. The van der Waals surface area contributed by atoms with Crippen LogP contribution in [-0.4, -0.2) is 10.2 Å². The Morgan fingerprint density at radius 3 is 2.31 bits per heavy atom. The third-order valence-electron chi connectivity index (χ3n) is 1.36. The first-order valence-electron chi connectivity index (χ1n) is 4.31. The fourth-order valence-electron chi connectivity index (χ4n) is 0.717. The molecule has 0 aliphatic heterocycles. The van der Waals surface area contributed by atoms with Crippen molar-refractivity contribution in [2.75, 3.05) is 0 Å². The Morgan fingerprint density at radius 1 is 1.15 bits per heavy atom. The lowest BCUT2D eigenvalue weighted by atomic mass is 9.98. The first-order chi connectivity index (χ1) is 5.97. The molecule has 0 aliphatic rings. The number of nitrogens with zero attached hydrogens (tertiary/aromatic N) is 2. The van der Waals surface area contributed by atoms with Crippen LogP contribution in [0.15, 0.2) is 12.1 Å². The molecule has 0 saturated heterocycles. The Kier molecular flexibility index (Phi) is 2.67. The summed E-state index contributed by atoms with van der Waals surface area (Å²) in [7, 11) is 0. The van der Waals surface area contributed by atoms with E-state index in [4.69, 9.17) is 0 Å². The molecule has 0 radical (unpaired) electrons. The molecule has 1 aromatic rings. The van der Waals surface area contributed by atoms with Gasteiger partial charge < -0.3 is 0 Å². The maximum Gasteiger partial charge on any atom is 0.135 e. The van der Waals surface area contributed by atoms with Crippen molar-refractivity contribution in [3.8, 4) is 11.8 Å². The van der Waals surface area contributed by atoms with Gasteiger partial charge in [0.2, 0.25) is 0 Å². The molecule has 2 nitrogen and oxygen atoms in total. The zero-order valence-electron chi connectivity index (χ0n) is 8.55. The van der Waals surface area contributed by atoms with Gasteiger partial charge in [0.15, 0.2) is 0 Å². The van der Waals surface area contributed by atoms with Crippen molar-refractivity contribution in [1.29, 1.82) is 0 Å². The zero-order valence-corrected chi connectivity index (χ0v) is 8.55. The second-order valence-corrected chi connectivity index (χ2v) is 4.06. The molecule has 0 saturated carbocycles. The van der Waals surface area contributed by atoms with E-state index >= 15 is 0 Å². The summed E-state index contributed by atoms with van der Waals surface area (Å²) in [5, 5.41) is 7.89. The van der Waals surface area contributed by atoms with Crippen LogP contribution in [0.2, 0.25) is 0 Å². The maximum absolute atomic E-state index is 3.96. The quantitative estimate of drug-likeness (QED) is 0.563. The molecule has 0 spiro atoms. The highest BCUT2D eigenvalue weighted by atomic mass is 15.1. The Morgan fingerprint density at radius 2 is 1.85 bits per heavy atom. The predicted octanol–water partition coefficient (Wildman–Crippen LogP) is 2.18. The first-order valence-corrected chi connectivity index (χ1v) is 4.31. The largest absolute Gasteiger partial charge is 0.155 e. The molecule has 1 aromatic heterocycles. The summed E-state index contributed by atoms with van der Waals surface area (Å²) in [6.07, 6.45) is 0. The Labute approximate surface area is 79.4 Å². The van der Waals surface area contributed by atoms with Crippen LogP contribution >= 0.6 is 0 Å². The predicted molar refractivity (Wildman–Crippen MR) is 53.1 cm³/mol. The van der Waals surface area contributed by atoms with Gasteiger partial charge >= 0.3 is 0 Å². The van der Waals surface area contributed by atoms with Crippen LogP contribution < -0.4 is 0 Å². The summed E-state index contributed by atoms with van der Waals surface area (Å²) in [6.45, 7) is 8.12. The van der Waals surface area contributed by atoms with Crippen LogP contribution in [0.4, 0.5) is 0 Å². The summed E-state index contributed by atoms with van der Waals surface area (Å²) in [5.74, 6) is 6.09. The van der Waals surface area contributed by atoms with Crippen molar-refractivity contribution in [2.45, 2.75) is 27.7 Å². The van der Waals surface area contributed by atoms with Crippen molar-refractivity contribution in [1.82, 2.24) is 10.2 Å². The minimum absolute atomic E-state index is 0.0204. The molecule has 0 N–H and O–H groups in total. The lowest BCUT2D eigenvalue weighted by molar-refractivity contribution is 0.571. The molecule has 1 heterocycles. The maximum atomic E-state index is 3.96. The monoisotopic (exact) mass is 174 g/mol. The summed E-state index contributed by atoms with van der Waals surface area (Å²) >= 11 is 0. The lowest BCUT2D eigenvalue weighted by Gasteiger charge is -2.06. The molecule has 0 atom stereocenters. The fourth-order valence-corrected chi connectivity index (χ4v) is 0.717. The van der Waals surface area contributed by atoms with Gasteiger partial charge in [0.1, 0.15) is 5.69 Å². The van der Waals surface area contributed by atoms with Crippen molar-refractivity contribution >= 4 is 0 Å². The third kappa shape index (κ3) is 3.71. The molecule has 0 fully saturated rings. The second-order valence-electron chi connectivity index (χ2n) is 4.06. The van der Waals surface area contributed by atoms with E-state index in [2.05, 4.69) is 42.8 Å². The molecule has 0 amide bonds. The lowest BCUT2D eigenvalue weighted by Crippen LogP contribution is -2.00. The highest BCUT2D eigenvalue weighted by molar-refractivity contribution is 5.28. The second kappa shape index (κ2) is 3.57. The summed E-state index contributed by atoms with van der Waals surface area (Å²) in [6, 6.07) is 3.81. The number of rotatable bonds is 0. The minimum atomic E-state index is 0.0204. The van der Waals surface area contributed by atoms with E-state index in [-0.39, 0.29) is 5.41 Å². The van der Waals surface area contributed by atoms with Crippen LogP contribution in [0.25, 0.3) is 0 Å². The molecule has 1 rings (SSSR count). The van der Waals surface area contributed by atoms with Crippen molar-refractivity contribution in [3.05, 3.63) is 23.5 Å². The van der Waals surface area contributed by atoms with E-state index < -0.39 is 0 Å². The zero-order chi connectivity index (χ0) is 9.90. The molecular weight excluding hydrogens is 160 g/mol. The Hall–Kier alpha value is -1.36. The van der Waals surface area contributed by atoms with E-state index in [1.165, 1.54) is 0 Å². The summed E-state index contributed by atoms with van der Waals surface area (Å²) in [4.78, 5) is 0. The molecule has 2 heteroatoms.